The van der Waals surface area contributed by atoms with Crippen molar-refractivity contribution in [1.29, 1.82) is 0 Å². The number of rotatable bonds is 6. The van der Waals surface area contributed by atoms with Crippen molar-refractivity contribution in [3.05, 3.63) is 47.5 Å². The van der Waals surface area contributed by atoms with E-state index in [1.165, 1.54) is 5.56 Å². The van der Waals surface area contributed by atoms with Crippen LogP contribution in [-0.2, 0) is 9.59 Å². The molecule has 0 unspecified atom stereocenters. The van der Waals surface area contributed by atoms with E-state index in [2.05, 4.69) is 31.3 Å². The van der Waals surface area contributed by atoms with E-state index in [9.17, 15) is 9.59 Å². The van der Waals surface area contributed by atoms with Gasteiger partial charge in [-0.2, -0.15) is 0 Å². The summed E-state index contributed by atoms with van der Waals surface area (Å²) in [7, 11) is 0. The maximum Gasteiger partial charge on any atom is 0.328 e. The maximum atomic E-state index is 11.5. The molecule has 0 bridgehead atoms. The highest BCUT2D eigenvalue weighted by Crippen LogP contribution is 2.21. The van der Waals surface area contributed by atoms with Crippen LogP contribution in [-0.4, -0.2) is 17.0 Å². The van der Waals surface area contributed by atoms with Crippen molar-refractivity contribution < 1.29 is 14.7 Å². The van der Waals surface area contributed by atoms with Gasteiger partial charge < -0.3 is 10.4 Å². The Morgan fingerprint density at radius 1 is 1.15 bits per heavy atom. The van der Waals surface area contributed by atoms with E-state index in [-0.39, 0.29) is 6.04 Å². The van der Waals surface area contributed by atoms with E-state index < -0.39 is 11.9 Å². The number of amides is 1. The average molecular weight is 275 g/mol. The van der Waals surface area contributed by atoms with Gasteiger partial charge in [-0.25, -0.2) is 4.79 Å². The zero-order chi connectivity index (χ0) is 15.1. The Kier molecular flexibility index (Phi) is 5.97. The van der Waals surface area contributed by atoms with Crippen LogP contribution in [0, 0.1) is 0 Å². The molecule has 0 heterocycles. The van der Waals surface area contributed by atoms with Gasteiger partial charge in [0.2, 0.25) is 5.91 Å². The zero-order valence-corrected chi connectivity index (χ0v) is 12.1. The van der Waals surface area contributed by atoms with Crippen LogP contribution in [0.25, 0.3) is 0 Å². The van der Waals surface area contributed by atoms with Gasteiger partial charge in [-0.05, 0) is 30.4 Å². The second-order valence-corrected chi connectivity index (χ2v) is 4.88. The number of carboxylic acid groups (broad SMARTS) is 1. The van der Waals surface area contributed by atoms with Gasteiger partial charge in [-0.1, -0.05) is 38.1 Å². The predicted octanol–water partition coefficient (Wildman–Crippen LogP) is 3.02. The third-order valence-corrected chi connectivity index (χ3v) is 3.35. The van der Waals surface area contributed by atoms with Crippen LogP contribution < -0.4 is 5.32 Å². The first-order valence-corrected chi connectivity index (χ1v) is 6.75. The molecule has 0 aliphatic rings. The Morgan fingerprint density at radius 2 is 1.70 bits per heavy atom. The zero-order valence-electron chi connectivity index (χ0n) is 12.1. The number of nitrogens with one attached hydrogen (secondary N) is 1. The molecule has 1 aromatic carbocycles. The van der Waals surface area contributed by atoms with Crippen LogP contribution in [0.4, 0.5) is 0 Å². The van der Waals surface area contributed by atoms with Gasteiger partial charge in [0, 0.05) is 12.2 Å². The Morgan fingerprint density at radius 3 is 2.20 bits per heavy atom. The summed E-state index contributed by atoms with van der Waals surface area (Å²) in [5.74, 6) is -1.02. The number of hydrogen-bond donors (Lipinski definition) is 2. The van der Waals surface area contributed by atoms with Crippen molar-refractivity contribution in [2.24, 2.45) is 0 Å². The highest BCUT2D eigenvalue weighted by molar-refractivity contribution is 5.94. The Balaban J connectivity index is 2.66. The van der Waals surface area contributed by atoms with Crippen LogP contribution in [0.5, 0.6) is 0 Å². The quantitative estimate of drug-likeness (QED) is 0.784. The van der Waals surface area contributed by atoms with E-state index in [0.29, 0.717) is 5.92 Å². The molecule has 1 aromatic rings. The average Bonchev–Trinajstić information content (AvgIpc) is 2.44. The van der Waals surface area contributed by atoms with E-state index in [0.717, 1.165) is 24.1 Å². The van der Waals surface area contributed by atoms with E-state index in [1.807, 2.05) is 19.1 Å². The Hall–Kier alpha value is -2.10. The molecule has 0 aliphatic carbocycles. The summed E-state index contributed by atoms with van der Waals surface area (Å²) in [6, 6.07) is 7.96. The predicted molar refractivity (Wildman–Crippen MR) is 78.5 cm³/mol. The minimum Gasteiger partial charge on any atom is -0.478 e. The molecular formula is C16H21NO3. The van der Waals surface area contributed by atoms with E-state index in [1.54, 1.807) is 0 Å². The lowest BCUT2D eigenvalue weighted by Crippen LogP contribution is -2.24. The van der Waals surface area contributed by atoms with E-state index in [4.69, 9.17) is 5.11 Å². The van der Waals surface area contributed by atoms with Crippen LogP contribution in [0.3, 0.4) is 0 Å². The summed E-state index contributed by atoms with van der Waals surface area (Å²) in [4.78, 5) is 21.8. The first-order chi connectivity index (χ1) is 9.43. The third kappa shape index (κ3) is 4.88. The summed E-state index contributed by atoms with van der Waals surface area (Å²) in [6.45, 7) is 6.19. The summed E-state index contributed by atoms with van der Waals surface area (Å²) in [5.41, 5.74) is 2.27. The molecule has 1 rings (SSSR count). The highest BCUT2D eigenvalue weighted by Gasteiger charge is 2.09. The molecule has 20 heavy (non-hydrogen) atoms. The molecule has 0 fully saturated rings. The van der Waals surface area contributed by atoms with Crippen molar-refractivity contribution in [3.63, 3.8) is 0 Å². The molecule has 0 aromatic heterocycles. The fraction of sp³-hybridized carbons (Fsp3) is 0.375. The number of hydrogen-bond acceptors (Lipinski definition) is 2. The van der Waals surface area contributed by atoms with Crippen molar-refractivity contribution in [2.45, 2.75) is 39.2 Å². The van der Waals surface area contributed by atoms with Crippen LogP contribution >= 0.6 is 0 Å². The molecule has 108 valence electrons. The van der Waals surface area contributed by atoms with Gasteiger partial charge >= 0.3 is 5.97 Å². The Bertz CT molecular complexity index is 491. The molecule has 2 N–H and O–H groups in total. The molecule has 4 heteroatoms. The van der Waals surface area contributed by atoms with Crippen LogP contribution in [0.1, 0.15) is 50.3 Å². The lowest BCUT2D eigenvalue weighted by molar-refractivity contribution is -0.131. The topological polar surface area (TPSA) is 66.4 Å². The summed E-state index contributed by atoms with van der Waals surface area (Å²) in [6.07, 6.45) is 2.94. The first kappa shape index (κ1) is 16.0. The number of aliphatic carboxylic acids is 1. The summed E-state index contributed by atoms with van der Waals surface area (Å²) in [5, 5.41) is 11.2. The van der Waals surface area contributed by atoms with Gasteiger partial charge in [0.1, 0.15) is 0 Å². The van der Waals surface area contributed by atoms with Gasteiger partial charge in [0.15, 0.2) is 0 Å². The van der Waals surface area contributed by atoms with Crippen molar-refractivity contribution in [3.8, 4) is 0 Å². The smallest absolute Gasteiger partial charge is 0.328 e. The minimum absolute atomic E-state index is 0.160. The number of carbonyl (C=O) groups is 2. The number of benzene rings is 1. The highest BCUT2D eigenvalue weighted by atomic mass is 16.4. The minimum atomic E-state index is -1.13. The monoisotopic (exact) mass is 275 g/mol. The molecule has 0 aliphatic heterocycles. The Labute approximate surface area is 119 Å². The molecule has 0 saturated carbocycles. The van der Waals surface area contributed by atoms with Crippen LogP contribution in [0.2, 0.25) is 0 Å². The lowest BCUT2D eigenvalue weighted by atomic mass is 9.96. The molecule has 1 amide bonds. The van der Waals surface area contributed by atoms with Gasteiger partial charge in [0.05, 0.1) is 6.04 Å². The maximum absolute atomic E-state index is 11.5. The molecule has 0 saturated heterocycles. The fourth-order valence-corrected chi connectivity index (χ4v) is 1.84. The largest absolute Gasteiger partial charge is 0.478 e. The standard InChI is InChI=1S/C16H21NO3/c1-4-11(2)13-5-7-14(8-6-13)12(3)17-15(18)9-10-16(19)20/h5-12H,4H2,1-3H3,(H,17,18)(H,19,20)/t11-,12+/m1/s1. The SMILES string of the molecule is CC[C@@H](C)c1ccc([C@H](C)NC(=O)C=CC(=O)O)cc1. The normalized spacial score (nSPS) is 13.9. The van der Waals surface area contributed by atoms with Gasteiger partial charge in [-0.3, -0.25) is 4.79 Å². The van der Waals surface area contributed by atoms with Gasteiger partial charge in [0.25, 0.3) is 0 Å². The van der Waals surface area contributed by atoms with E-state index >= 15 is 0 Å². The van der Waals surface area contributed by atoms with Crippen LogP contribution in [0.15, 0.2) is 36.4 Å². The molecular weight excluding hydrogens is 254 g/mol. The second-order valence-electron chi connectivity index (χ2n) is 4.88. The number of carboxylic acids is 1. The molecule has 0 radical (unpaired) electrons. The van der Waals surface area contributed by atoms with Crippen molar-refractivity contribution in [1.82, 2.24) is 5.32 Å². The first-order valence-electron chi connectivity index (χ1n) is 6.75. The summed E-state index contributed by atoms with van der Waals surface area (Å²) < 4.78 is 0. The summed E-state index contributed by atoms with van der Waals surface area (Å²) >= 11 is 0. The van der Waals surface area contributed by atoms with Crippen molar-refractivity contribution >= 4 is 11.9 Å². The third-order valence-electron chi connectivity index (χ3n) is 3.35. The molecule has 2 atom stereocenters. The molecule has 0 spiro atoms. The molecule has 4 nitrogen and oxygen atoms in total. The fourth-order valence-electron chi connectivity index (χ4n) is 1.84. The number of carbonyl (C=O) groups excluding carboxylic acids is 1. The van der Waals surface area contributed by atoms with Crippen molar-refractivity contribution in [2.75, 3.05) is 0 Å². The lowest BCUT2D eigenvalue weighted by Gasteiger charge is -2.15. The second kappa shape index (κ2) is 7.48. The van der Waals surface area contributed by atoms with Gasteiger partial charge in [-0.15, -0.1) is 0 Å².